The molecule has 8 heavy (non-hydrogen) atoms. The maximum absolute atomic E-state index is 7.63. The molecule has 0 aromatic heterocycles. The van der Waals surface area contributed by atoms with Gasteiger partial charge in [-0.1, -0.05) is 0 Å². The zero-order chi connectivity index (χ0) is 4.28. The van der Waals surface area contributed by atoms with Gasteiger partial charge in [-0.2, -0.15) is 4.08 Å². The standard InChI is InChI=1S/ClH2O3P.2ClH.Mg.2H/c1-4-5(2)3;;;;;/h2-3H;2*1H;;;/q;;;+2;2*-1. The first-order valence-corrected chi connectivity index (χ1v) is 2.21. The van der Waals surface area contributed by atoms with Crippen LogP contribution in [0.4, 0.5) is 0 Å². The van der Waals surface area contributed by atoms with E-state index in [9.17, 15) is 0 Å². The molecule has 0 heterocycles. The van der Waals surface area contributed by atoms with Crippen molar-refractivity contribution >= 4 is 68.3 Å². The average Bonchev–Trinajstić information content (AvgIpc) is 1.38. The molecule has 0 aliphatic rings. The second-order valence-corrected chi connectivity index (χ2v) is 1.38. The number of rotatable bonds is 1. The summed E-state index contributed by atoms with van der Waals surface area (Å²) >= 11 is 4.37. The van der Waals surface area contributed by atoms with Crippen LogP contribution >= 0.6 is 45.3 Å². The van der Waals surface area contributed by atoms with Crippen LogP contribution in [0.1, 0.15) is 2.85 Å². The van der Waals surface area contributed by atoms with E-state index in [2.05, 4.69) is 15.9 Å². The summed E-state index contributed by atoms with van der Waals surface area (Å²) < 4.78 is 3.40. The average molecular weight is 216 g/mol. The first-order valence-electron chi connectivity index (χ1n) is 0.737. The molecule has 0 saturated carbocycles. The van der Waals surface area contributed by atoms with Gasteiger partial charge < -0.3 is 12.6 Å². The predicted molar refractivity (Wildman–Crippen MR) is 40.8 cm³/mol. The van der Waals surface area contributed by atoms with Gasteiger partial charge in [-0.15, -0.1) is 24.8 Å². The van der Waals surface area contributed by atoms with Crippen molar-refractivity contribution in [3.05, 3.63) is 0 Å². The molecule has 0 fully saturated rings. The van der Waals surface area contributed by atoms with E-state index in [1.807, 2.05) is 0 Å². The SMILES string of the molecule is Cl.Cl.OP(O)OCl.[H-].[H-].[Mg+2]. The summed E-state index contributed by atoms with van der Waals surface area (Å²) in [5, 5.41) is 0. The molecule has 0 saturated heterocycles. The summed E-state index contributed by atoms with van der Waals surface area (Å²) in [4.78, 5) is 15.3. The second kappa shape index (κ2) is 16.0. The molecule has 0 radical (unpaired) electrons. The molecule has 0 spiro atoms. The predicted octanol–water partition coefficient (Wildman–Crippen LogP) is 1.06. The fourth-order valence-corrected chi connectivity index (χ4v) is 0. The third-order valence-corrected chi connectivity index (χ3v) is 0.555. The molecule has 0 bridgehead atoms. The first-order chi connectivity index (χ1) is 2.27. The van der Waals surface area contributed by atoms with Crippen molar-refractivity contribution < 1.29 is 16.7 Å². The van der Waals surface area contributed by atoms with Crippen LogP contribution in [0.25, 0.3) is 0 Å². The molecule has 0 aliphatic carbocycles. The maximum atomic E-state index is 7.63. The zero-order valence-electron chi connectivity index (χ0n) is 5.65. The molecule has 0 aromatic rings. The molecule has 0 amide bonds. The molecule has 8 heteroatoms. The van der Waals surface area contributed by atoms with Crippen LogP contribution in [0, 0.1) is 0 Å². The summed E-state index contributed by atoms with van der Waals surface area (Å²) in [6.45, 7) is 0. The molecule has 2 N–H and O–H groups in total. The van der Waals surface area contributed by atoms with E-state index in [0.29, 0.717) is 0 Å². The van der Waals surface area contributed by atoms with Crippen LogP contribution in [0.2, 0.25) is 0 Å². The van der Waals surface area contributed by atoms with Crippen LogP contribution in [0.5, 0.6) is 0 Å². The summed E-state index contributed by atoms with van der Waals surface area (Å²) in [6, 6.07) is 0. The Morgan fingerprint density at radius 2 is 1.50 bits per heavy atom. The fourth-order valence-electron chi connectivity index (χ4n) is 0. The van der Waals surface area contributed by atoms with Gasteiger partial charge in [0, 0.05) is 0 Å². The summed E-state index contributed by atoms with van der Waals surface area (Å²) in [7, 11) is -2.33. The first kappa shape index (κ1) is 22.5. The summed E-state index contributed by atoms with van der Waals surface area (Å²) in [5.41, 5.74) is 0. The van der Waals surface area contributed by atoms with Gasteiger partial charge >= 0.3 is 31.7 Å². The van der Waals surface area contributed by atoms with Crippen molar-refractivity contribution in [2.45, 2.75) is 0 Å². The van der Waals surface area contributed by atoms with E-state index in [1.54, 1.807) is 0 Å². The monoisotopic (exact) mass is 214 g/mol. The summed E-state index contributed by atoms with van der Waals surface area (Å²) in [5.74, 6) is 0. The normalized spacial score (nSPS) is 6.00. The van der Waals surface area contributed by atoms with Crippen LogP contribution in [0.15, 0.2) is 0 Å². The molecule has 0 rings (SSSR count). The van der Waals surface area contributed by atoms with Crippen molar-refractivity contribution in [2.75, 3.05) is 0 Å². The van der Waals surface area contributed by atoms with Gasteiger partial charge in [-0.05, 0) is 0 Å². The molecule has 0 aliphatic heterocycles. The van der Waals surface area contributed by atoms with Crippen molar-refractivity contribution in [3.8, 4) is 0 Å². The van der Waals surface area contributed by atoms with E-state index in [-0.39, 0.29) is 50.7 Å². The second-order valence-electron chi connectivity index (χ2n) is 0.322. The van der Waals surface area contributed by atoms with E-state index < -0.39 is 8.60 Å². The van der Waals surface area contributed by atoms with E-state index >= 15 is 0 Å². The van der Waals surface area contributed by atoms with Gasteiger partial charge in [-0.25, -0.2) is 0 Å². The van der Waals surface area contributed by atoms with E-state index in [1.165, 1.54) is 0 Å². The largest absolute Gasteiger partial charge is 2.00 e. The van der Waals surface area contributed by atoms with Crippen LogP contribution in [0.3, 0.4) is 0 Å². The molecule has 0 atom stereocenters. The van der Waals surface area contributed by atoms with Crippen molar-refractivity contribution in [2.24, 2.45) is 0 Å². The minimum absolute atomic E-state index is 0. The zero-order valence-corrected chi connectivity index (χ0v) is 8.35. The quantitative estimate of drug-likeness (QED) is 0.508. The minimum Gasteiger partial charge on any atom is -1.00 e. The van der Waals surface area contributed by atoms with Crippen LogP contribution < -0.4 is 0 Å². The Morgan fingerprint density at radius 3 is 1.50 bits per heavy atom. The molecule has 0 aromatic carbocycles. The Hall–Kier alpha value is 1.95. The van der Waals surface area contributed by atoms with Gasteiger partial charge in [0.15, 0.2) is 0 Å². The Bertz CT molecular complexity index is 35.7. The van der Waals surface area contributed by atoms with Crippen molar-refractivity contribution in [1.29, 1.82) is 0 Å². The maximum Gasteiger partial charge on any atom is 2.00 e. The third kappa shape index (κ3) is 24.6. The molecule has 0 unspecified atom stereocenters. The van der Waals surface area contributed by atoms with Crippen LogP contribution in [-0.4, -0.2) is 32.8 Å². The Balaban J connectivity index is -0.00000000800. The molecule has 3 nitrogen and oxygen atoms in total. The minimum atomic E-state index is -2.33. The van der Waals surface area contributed by atoms with Gasteiger partial charge in [0.1, 0.15) is 0 Å². The smallest absolute Gasteiger partial charge is 1.00 e. The van der Waals surface area contributed by atoms with Gasteiger partial charge in [0.2, 0.25) is 0 Å². The van der Waals surface area contributed by atoms with Gasteiger partial charge in [0.25, 0.3) is 0 Å². The fraction of sp³-hybridized carbons (Fsp3) is 0. The van der Waals surface area contributed by atoms with E-state index in [4.69, 9.17) is 9.79 Å². The molecular weight excluding hydrogens is 210 g/mol. The Morgan fingerprint density at radius 1 is 1.38 bits per heavy atom. The third-order valence-electron chi connectivity index (χ3n) is 0.0617. The van der Waals surface area contributed by atoms with Crippen molar-refractivity contribution in [1.82, 2.24) is 0 Å². The van der Waals surface area contributed by atoms with E-state index in [0.717, 1.165) is 0 Å². The van der Waals surface area contributed by atoms with Gasteiger partial charge in [0.05, 0.1) is 11.9 Å². The van der Waals surface area contributed by atoms with Crippen molar-refractivity contribution in [3.63, 3.8) is 0 Å². The molecule has 52 valence electrons. The Labute approximate surface area is 84.9 Å². The topological polar surface area (TPSA) is 49.7 Å². The number of hydrogen-bond donors (Lipinski definition) is 2. The number of hydrogen-bond acceptors (Lipinski definition) is 3. The van der Waals surface area contributed by atoms with Gasteiger partial charge in [-0.3, -0.25) is 0 Å². The summed E-state index contributed by atoms with van der Waals surface area (Å²) in [6.07, 6.45) is 0. The number of halogens is 3. The Kier molecular flexibility index (Phi) is 45.0. The molecular formula is H6Cl3MgO3P. The van der Waals surface area contributed by atoms with Crippen LogP contribution in [-0.2, 0) is 4.08 Å².